The van der Waals surface area contributed by atoms with Crippen molar-refractivity contribution in [2.75, 3.05) is 0 Å². The van der Waals surface area contributed by atoms with Gasteiger partial charge in [-0.1, -0.05) is 0 Å². The molecule has 6 heteroatoms. The predicted octanol–water partition coefficient (Wildman–Crippen LogP) is 5.67. The summed E-state index contributed by atoms with van der Waals surface area (Å²) in [6.07, 6.45) is 11.8. The Morgan fingerprint density at radius 3 is 1.30 bits per heavy atom. The zero-order chi connectivity index (χ0) is 19.5. The minimum absolute atomic E-state index is 0. The quantitative estimate of drug-likeness (QED) is 0.271. The summed E-state index contributed by atoms with van der Waals surface area (Å²) in [6.45, 7) is 0. The molecule has 8 bridgehead atoms. The van der Waals surface area contributed by atoms with Crippen LogP contribution >= 0.6 is 0 Å². The topological polar surface area (TPSA) is 73.2 Å². The fraction of sp³-hybridized carbons (Fsp3) is 0. The Hall–Kier alpha value is -3.60. The Bertz CT molecular complexity index is 1250. The van der Waals surface area contributed by atoms with Crippen molar-refractivity contribution in [3.63, 3.8) is 0 Å². The van der Waals surface area contributed by atoms with Crippen molar-refractivity contribution in [2.24, 2.45) is 0 Å². The van der Waals surface area contributed by atoms with Crippen molar-refractivity contribution in [3.05, 3.63) is 95.8 Å². The largest absolute Gasteiger partial charge is 0.368 e. The van der Waals surface area contributed by atoms with E-state index in [4.69, 9.17) is 0 Å². The summed E-state index contributed by atoms with van der Waals surface area (Å²) in [7, 11) is 0. The summed E-state index contributed by atoms with van der Waals surface area (Å²) >= 11 is 0. The molecule has 2 aliphatic rings. The number of H-pyrrole nitrogens is 3. The molecule has 0 saturated heterocycles. The van der Waals surface area contributed by atoms with E-state index in [1.165, 1.54) is 0 Å². The average Bonchev–Trinajstić information content (AvgIpc) is 3.50. The average molecular weight is 432 g/mol. The van der Waals surface area contributed by atoms with E-state index in [2.05, 4.69) is 55.3 Å². The van der Waals surface area contributed by atoms with Gasteiger partial charge in [-0.2, -0.15) is 0 Å². The van der Waals surface area contributed by atoms with E-state index in [1.54, 1.807) is 0 Å². The summed E-state index contributed by atoms with van der Waals surface area (Å²) in [5.74, 6) is 0. The molecule has 2 aliphatic heterocycles. The molecule has 0 aliphatic carbocycles. The first-order chi connectivity index (χ1) is 14.3. The molecule has 0 atom stereocenters. The normalized spacial score (nSPS) is 11.5. The number of rotatable bonds is 0. The van der Waals surface area contributed by atoms with Crippen molar-refractivity contribution >= 4 is 46.4 Å². The third-order valence-electron chi connectivity index (χ3n) is 4.54. The van der Waals surface area contributed by atoms with Gasteiger partial charge in [0.25, 0.3) is 0 Å². The molecule has 5 nitrogen and oxygen atoms in total. The second-order valence-corrected chi connectivity index (χ2v) is 6.79. The van der Waals surface area contributed by atoms with Gasteiger partial charge in [-0.3, -0.25) is 0 Å². The van der Waals surface area contributed by atoms with Gasteiger partial charge >= 0.3 is 0 Å². The van der Waals surface area contributed by atoms with Gasteiger partial charge in [0.2, 0.25) is 0 Å². The summed E-state index contributed by atoms with van der Waals surface area (Å²) in [6, 6.07) is 20.3. The van der Waals surface area contributed by atoms with Gasteiger partial charge < -0.3 is 15.0 Å². The van der Waals surface area contributed by atoms with Crippen molar-refractivity contribution in [2.45, 2.75) is 0 Å². The Kier molecular flexibility index (Phi) is 5.79. The van der Waals surface area contributed by atoms with Crippen LogP contribution in [0.1, 0.15) is 22.8 Å². The fourth-order valence-electron chi connectivity index (χ4n) is 3.22. The second kappa shape index (κ2) is 8.82. The Labute approximate surface area is 184 Å². The number of fused-ring (bicyclic) bond motifs is 8. The van der Waals surface area contributed by atoms with Crippen LogP contribution in [0.15, 0.2) is 73.1 Å². The standard InChI is InChI=1S/C20H14N4.C4H5N.Mn/c1-2-14-10-16-5-6-18(23-16)12-20-8-7-19(24-20)11-17-4-3-15(22-17)9-13(1)21-14;1-2-4-5-3-1;/h1-12,21-22H;1-5H;. The van der Waals surface area contributed by atoms with Crippen molar-refractivity contribution in [3.8, 4) is 0 Å². The van der Waals surface area contributed by atoms with Crippen LogP contribution in [0.4, 0.5) is 0 Å². The first-order valence-corrected chi connectivity index (χ1v) is 9.42. The van der Waals surface area contributed by atoms with Crippen LogP contribution < -0.4 is 0 Å². The van der Waals surface area contributed by atoms with Gasteiger partial charge in [0.05, 0.1) is 22.8 Å². The van der Waals surface area contributed by atoms with Crippen LogP contribution in [0.3, 0.4) is 0 Å². The summed E-state index contributed by atoms with van der Waals surface area (Å²) in [5, 5.41) is 0. The van der Waals surface area contributed by atoms with Gasteiger partial charge in [0.1, 0.15) is 0 Å². The maximum absolute atomic E-state index is 4.62. The molecular formula is C24H19MnN5. The molecule has 30 heavy (non-hydrogen) atoms. The van der Waals surface area contributed by atoms with E-state index >= 15 is 0 Å². The number of aromatic nitrogens is 5. The van der Waals surface area contributed by atoms with Gasteiger partial charge in [-0.15, -0.1) is 0 Å². The smallest absolute Gasteiger partial charge is 0.0659 e. The van der Waals surface area contributed by atoms with Gasteiger partial charge in [-0.05, 0) is 85.0 Å². The minimum atomic E-state index is 0. The second-order valence-electron chi connectivity index (χ2n) is 6.79. The molecule has 0 fully saturated rings. The number of nitrogens with one attached hydrogen (secondary N) is 3. The van der Waals surface area contributed by atoms with E-state index in [1.807, 2.05) is 67.0 Å². The molecule has 1 radical (unpaired) electrons. The zero-order valence-corrected chi connectivity index (χ0v) is 17.2. The van der Waals surface area contributed by atoms with Crippen molar-refractivity contribution < 1.29 is 17.1 Å². The van der Waals surface area contributed by atoms with E-state index in [0.29, 0.717) is 0 Å². The predicted molar refractivity (Wildman–Crippen MR) is 120 cm³/mol. The molecule has 147 valence electrons. The van der Waals surface area contributed by atoms with Crippen molar-refractivity contribution in [1.82, 2.24) is 24.9 Å². The van der Waals surface area contributed by atoms with Crippen LogP contribution in [0.25, 0.3) is 46.4 Å². The number of hydrogen-bond acceptors (Lipinski definition) is 2. The molecule has 0 unspecified atom stereocenters. The molecule has 4 aromatic heterocycles. The molecule has 0 amide bonds. The summed E-state index contributed by atoms with van der Waals surface area (Å²) in [4.78, 5) is 18.9. The zero-order valence-electron chi connectivity index (χ0n) is 16.0. The summed E-state index contributed by atoms with van der Waals surface area (Å²) < 4.78 is 0. The third kappa shape index (κ3) is 4.69. The van der Waals surface area contributed by atoms with Gasteiger partial charge in [-0.25, -0.2) is 9.97 Å². The van der Waals surface area contributed by atoms with E-state index < -0.39 is 0 Å². The third-order valence-corrected chi connectivity index (χ3v) is 4.54. The van der Waals surface area contributed by atoms with Crippen LogP contribution in [0.2, 0.25) is 0 Å². The van der Waals surface area contributed by atoms with Gasteiger partial charge in [0.15, 0.2) is 0 Å². The molecule has 6 heterocycles. The van der Waals surface area contributed by atoms with Crippen LogP contribution in [0, 0.1) is 0 Å². The van der Waals surface area contributed by atoms with Gasteiger partial charge in [0, 0.05) is 51.5 Å². The van der Waals surface area contributed by atoms with Crippen molar-refractivity contribution in [1.29, 1.82) is 0 Å². The van der Waals surface area contributed by atoms with Crippen LogP contribution in [0.5, 0.6) is 0 Å². The number of nitrogens with zero attached hydrogens (tertiary/aromatic N) is 2. The molecule has 0 spiro atoms. The maximum Gasteiger partial charge on any atom is 0.0659 e. The monoisotopic (exact) mass is 432 g/mol. The van der Waals surface area contributed by atoms with Crippen LogP contribution in [-0.2, 0) is 17.1 Å². The molecule has 6 rings (SSSR count). The Morgan fingerprint density at radius 2 is 0.900 bits per heavy atom. The maximum atomic E-state index is 4.62. The fourth-order valence-corrected chi connectivity index (χ4v) is 3.22. The van der Waals surface area contributed by atoms with E-state index in [9.17, 15) is 0 Å². The molecule has 4 aromatic rings. The molecule has 3 N–H and O–H groups in total. The van der Waals surface area contributed by atoms with E-state index in [0.717, 1.165) is 44.8 Å². The molecule has 0 saturated carbocycles. The van der Waals surface area contributed by atoms with Crippen LogP contribution in [-0.4, -0.2) is 24.9 Å². The van der Waals surface area contributed by atoms with E-state index in [-0.39, 0.29) is 17.1 Å². The molecule has 0 aromatic carbocycles. The first-order valence-electron chi connectivity index (χ1n) is 9.42. The first kappa shape index (κ1) is 19.7. The number of aromatic amines is 3. The molecular weight excluding hydrogens is 413 g/mol. The SMILES string of the molecule is C1=Cc2cc3ccc(cc4ccc(cc5nc(cc1n2)C=C5)[nH]4)[nH]3.[Mn].c1cc[nH]c1. The minimum Gasteiger partial charge on any atom is -0.368 e. The Morgan fingerprint density at radius 1 is 0.500 bits per heavy atom. The summed E-state index contributed by atoms with van der Waals surface area (Å²) in [5.41, 5.74) is 7.86. The number of hydrogen-bond donors (Lipinski definition) is 3. The Balaban J connectivity index is 0.000000321.